The fourth-order valence-electron chi connectivity index (χ4n) is 0. The minimum Gasteiger partial charge on any atom is -0.331 e. The Morgan fingerprint density at radius 1 is 1.00 bits per heavy atom. The molecule has 2 N–H and O–H groups in total. The molecule has 0 unspecified atom stereocenters. The monoisotopic (exact) mass is 139 g/mol. The van der Waals surface area contributed by atoms with Crippen LogP contribution < -0.4 is 5.73 Å². The van der Waals surface area contributed by atoms with Crippen molar-refractivity contribution in [3.63, 3.8) is 0 Å². The van der Waals surface area contributed by atoms with E-state index in [4.69, 9.17) is 5.73 Å². The van der Waals surface area contributed by atoms with Crippen molar-refractivity contribution < 1.29 is 18.8 Å². The molecule has 0 saturated carbocycles. The van der Waals surface area contributed by atoms with Gasteiger partial charge < -0.3 is 5.73 Å². The maximum Gasteiger partial charge on any atom is 0.0814 e. The first-order chi connectivity index (χ1) is 1.41. The molecule has 8 heavy (non-hydrogen) atoms. The second kappa shape index (κ2) is 401. The Labute approximate surface area is 47.7 Å². The van der Waals surface area contributed by atoms with Gasteiger partial charge >= 0.3 is 0 Å². The lowest BCUT2D eigenvalue weighted by Crippen LogP contribution is -1.87. The van der Waals surface area contributed by atoms with Gasteiger partial charge in [-0.3, -0.25) is 18.8 Å². The third kappa shape index (κ3) is 1990. The zero-order chi connectivity index (χ0) is 2.71. The van der Waals surface area contributed by atoms with Crippen LogP contribution in [0.15, 0.2) is 0 Å². The SMILES string of the molecule is B.CCN.F.F.F.F. The van der Waals surface area contributed by atoms with Crippen molar-refractivity contribution >= 4 is 8.41 Å². The number of rotatable bonds is 0. The van der Waals surface area contributed by atoms with E-state index in [1.807, 2.05) is 6.92 Å². The Bertz CT molecular complexity index is 14.0. The highest BCUT2D eigenvalue weighted by Crippen LogP contribution is 1.20. The number of hydrogen-bond donors (Lipinski definition) is 1. The molecule has 0 aliphatic rings. The number of halogens is 4. The van der Waals surface area contributed by atoms with Gasteiger partial charge in [-0.25, -0.2) is 0 Å². The van der Waals surface area contributed by atoms with Gasteiger partial charge in [-0.1, -0.05) is 6.92 Å². The first-order valence-electron chi connectivity index (χ1n) is 1.12. The van der Waals surface area contributed by atoms with Crippen molar-refractivity contribution in [2.75, 3.05) is 6.54 Å². The van der Waals surface area contributed by atoms with Crippen LogP contribution >= 0.6 is 0 Å². The smallest absolute Gasteiger partial charge is 0.0814 e. The van der Waals surface area contributed by atoms with E-state index < -0.39 is 0 Å². The molecule has 0 rings (SSSR count). The van der Waals surface area contributed by atoms with Crippen LogP contribution in [-0.4, -0.2) is 15.0 Å². The molecule has 0 aliphatic carbocycles. The molecule has 1 nitrogen and oxygen atoms in total. The fourth-order valence-corrected chi connectivity index (χ4v) is 0. The van der Waals surface area contributed by atoms with Crippen molar-refractivity contribution in [1.82, 2.24) is 0 Å². The van der Waals surface area contributed by atoms with E-state index in [1.165, 1.54) is 0 Å². The molecule has 0 radical (unpaired) electrons. The Morgan fingerprint density at radius 2 is 1.00 bits per heavy atom. The van der Waals surface area contributed by atoms with Crippen molar-refractivity contribution in [1.29, 1.82) is 0 Å². The van der Waals surface area contributed by atoms with Crippen LogP contribution in [0.2, 0.25) is 0 Å². The molecule has 0 spiro atoms. The number of nitrogens with two attached hydrogens (primary N) is 1. The molecule has 0 fully saturated rings. The predicted molar refractivity (Wildman–Crippen MR) is 34.7 cm³/mol. The normalized spacial score (nSPS) is 2.25. The highest BCUT2D eigenvalue weighted by atomic mass is 19.0. The molecule has 0 aromatic rings. The topological polar surface area (TPSA) is 26.0 Å². The van der Waals surface area contributed by atoms with E-state index >= 15 is 0 Å². The molecule has 0 aromatic carbocycles. The summed E-state index contributed by atoms with van der Waals surface area (Å²) >= 11 is 0. The molecule has 0 bridgehead atoms. The van der Waals surface area contributed by atoms with Crippen molar-refractivity contribution in [2.24, 2.45) is 5.73 Å². The predicted octanol–water partition coefficient (Wildman–Crippen LogP) is -0.609. The van der Waals surface area contributed by atoms with E-state index in [0.29, 0.717) is 0 Å². The van der Waals surface area contributed by atoms with Crippen LogP contribution in [0.3, 0.4) is 0 Å². The highest BCUT2D eigenvalue weighted by molar-refractivity contribution is 5.75. The lowest BCUT2D eigenvalue weighted by atomic mass is 10.8. The van der Waals surface area contributed by atoms with Crippen LogP contribution in [0.4, 0.5) is 18.8 Å². The average molecular weight is 139 g/mol. The quantitative estimate of drug-likeness (QED) is 0.351. The first kappa shape index (κ1) is 116. The van der Waals surface area contributed by atoms with Gasteiger partial charge in [0.2, 0.25) is 0 Å². The van der Waals surface area contributed by atoms with Gasteiger partial charge in [0.05, 0.1) is 8.41 Å². The third-order valence-electron chi connectivity index (χ3n) is 0. The summed E-state index contributed by atoms with van der Waals surface area (Å²) in [5.74, 6) is 0. The summed E-state index contributed by atoms with van der Waals surface area (Å²) in [6.45, 7) is 2.65. The molecule has 0 atom stereocenters. The molecule has 0 saturated heterocycles. The summed E-state index contributed by atoms with van der Waals surface area (Å²) in [5, 5.41) is 0. The zero-order valence-electron chi connectivity index (χ0n) is 3.92. The molecular formula is C2H14BF4N. The van der Waals surface area contributed by atoms with Gasteiger partial charge in [-0.05, 0) is 6.54 Å². The van der Waals surface area contributed by atoms with Crippen molar-refractivity contribution in [3.8, 4) is 0 Å². The van der Waals surface area contributed by atoms with Crippen molar-refractivity contribution in [2.45, 2.75) is 6.92 Å². The van der Waals surface area contributed by atoms with Gasteiger partial charge in [0, 0.05) is 0 Å². The molecular weight excluding hydrogens is 125 g/mol. The van der Waals surface area contributed by atoms with E-state index in [9.17, 15) is 0 Å². The van der Waals surface area contributed by atoms with Crippen LogP contribution in [0.1, 0.15) is 6.92 Å². The lowest BCUT2D eigenvalue weighted by Gasteiger charge is -1.53. The van der Waals surface area contributed by atoms with Gasteiger partial charge in [0.15, 0.2) is 0 Å². The van der Waals surface area contributed by atoms with E-state index in [0.717, 1.165) is 6.54 Å². The highest BCUT2D eigenvalue weighted by Gasteiger charge is 1.32. The second-order valence-electron chi connectivity index (χ2n) is 0.408. The largest absolute Gasteiger partial charge is 0.331 e. The Hall–Kier alpha value is -0.255. The molecule has 6 heteroatoms. The van der Waals surface area contributed by atoms with Crippen LogP contribution in [0, 0.1) is 0 Å². The fraction of sp³-hybridized carbons (Fsp3) is 1.00. The lowest BCUT2D eigenvalue weighted by molar-refractivity contribution is 1.11. The summed E-state index contributed by atoms with van der Waals surface area (Å²) in [6, 6.07) is 0. The van der Waals surface area contributed by atoms with Crippen LogP contribution in [-0.2, 0) is 0 Å². The minimum absolute atomic E-state index is 0. The standard InChI is InChI=1S/C2H7N.BH3.4FH/c1-2-3;;;;;/h2-3H2,1H3;1H3;4*1H. The molecule has 0 amide bonds. The molecule has 0 aliphatic heterocycles. The van der Waals surface area contributed by atoms with Gasteiger partial charge in [-0.2, -0.15) is 0 Å². The summed E-state index contributed by atoms with van der Waals surface area (Å²) in [6.07, 6.45) is 0. The van der Waals surface area contributed by atoms with Gasteiger partial charge in [0.25, 0.3) is 0 Å². The van der Waals surface area contributed by atoms with Gasteiger partial charge in [0.1, 0.15) is 0 Å². The van der Waals surface area contributed by atoms with Gasteiger partial charge in [-0.15, -0.1) is 0 Å². The maximum absolute atomic E-state index is 4.85. The molecule has 0 heterocycles. The van der Waals surface area contributed by atoms with E-state index in [2.05, 4.69) is 0 Å². The van der Waals surface area contributed by atoms with Crippen LogP contribution in [0.5, 0.6) is 0 Å². The minimum atomic E-state index is 0. The van der Waals surface area contributed by atoms with E-state index in [1.54, 1.807) is 0 Å². The summed E-state index contributed by atoms with van der Waals surface area (Å²) < 4.78 is 0. The Morgan fingerprint density at radius 3 is 1.00 bits per heavy atom. The van der Waals surface area contributed by atoms with E-state index in [-0.39, 0.29) is 27.2 Å². The first-order valence-corrected chi connectivity index (χ1v) is 1.12. The van der Waals surface area contributed by atoms with Crippen molar-refractivity contribution in [3.05, 3.63) is 0 Å². The summed E-state index contributed by atoms with van der Waals surface area (Å²) in [5.41, 5.74) is 4.85. The Balaban J connectivity index is -0.00000000200. The van der Waals surface area contributed by atoms with Crippen LogP contribution in [0.25, 0.3) is 0 Å². The second-order valence-corrected chi connectivity index (χ2v) is 0.408. The number of hydrogen-bond acceptors (Lipinski definition) is 1. The molecule has 58 valence electrons. The summed E-state index contributed by atoms with van der Waals surface area (Å²) in [4.78, 5) is 0. The summed E-state index contributed by atoms with van der Waals surface area (Å²) in [7, 11) is 0. The molecule has 0 aromatic heterocycles. The Kier molecular flexibility index (Phi) is 5800. The zero-order valence-corrected chi connectivity index (χ0v) is 3.92. The third-order valence-corrected chi connectivity index (χ3v) is 0. The maximum atomic E-state index is 4.85. The average Bonchev–Trinajstić information content (AvgIpc) is 0.918.